The molecule has 0 aliphatic rings. The van der Waals surface area contributed by atoms with Gasteiger partial charge in [0.2, 0.25) is 0 Å². The monoisotopic (exact) mass is 357 g/mol. The molecule has 0 saturated heterocycles. The first-order valence-electron chi connectivity index (χ1n) is 9.28. The molecule has 3 aromatic rings. The minimum absolute atomic E-state index is 0.115. The van der Waals surface area contributed by atoms with Crippen LogP contribution in [0.15, 0.2) is 78.9 Å². The molecule has 3 nitrogen and oxygen atoms in total. The summed E-state index contributed by atoms with van der Waals surface area (Å²) in [6.07, 6.45) is 0. The Balaban J connectivity index is 2.02. The summed E-state index contributed by atoms with van der Waals surface area (Å²) in [4.78, 5) is 0. The van der Waals surface area contributed by atoms with Crippen LogP contribution in [0, 0.1) is 6.92 Å². The quantitative estimate of drug-likeness (QED) is 0.608. The third-order valence-electron chi connectivity index (χ3n) is 4.57. The average Bonchev–Trinajstić information content (AvgIpc) is 2.70. The summed E-state index contributed by atoms with van der Waals surface area (Å²) < 4.78 is 12.0. The van der Waals surface area contributed by atoms with Crippen LogP contribution in [0.5, 0.6) is 0 Å². The van der Waals surface area contributed by atoms with Crippen molar-refractivity contribution >= 4 is 35.7 Å². The SMILES string of the molecule is COB(c1ccccc1)c1cc(C)cc(B(OCCN)c2ccccc2)c1. The molecule has 0 fully saturated rings. The van der Waals surface area contributed by atoms with Crippen molar-refractivity contribution in [2.75, 3.05) is 20.3 Å². The first kappa shape index (κ1) is 19.4. The maximum absolute atomic E-state index is 6.13. The van der Waals surface area contributed by atoms with E-state index in [4.69, 9.17) is 15.0 Å². The predicted molar refractivity (Wildman–Crippen MR) is 116 cm³/mol. The van der Waals surface area contributed by atoms with Crippen LogP contribution < -0.4 is 27.6 Å². The summed E-state index contributed by atoms with van der Waals surface area (Å²) >= 11 is 0. The fourth-order valence-electron chi connectivity index (χ4n) is 3.44. The molecule has 136 valence electrons. The lowest BCUT2D eigenvalue weighted by atomic mass is 9.50. The topological polar surface area (TPSA) is 44.5 Å². The Bertz CT molecular complexity index is 843. The normalized spacial score (nSPS) is 10.6. The molecule has 5 heteroatoms. The molecule has 0 radical (unpaired) electrons. The van der Waals surface area contributed by atoms with Crippen molar-refractivity contribution in [1.29, 1.82) is 0 Å². The molecule has 0 atom stereocenters. The van der Waals surface area contributed by atoms with Crippen molar-refractivity contribution in [3.63, 3.8) is 0 Å². The molecule has 3 aromatic carbocycles. The minimum atomic E-state index is -0.151. The third-order valence-corrected chi connectivity index (χ3v) is 4.57. The number of hydrogen-bond acceptors (Lipinski definition) is 3. The molecule has 0 bridgehead atoms. The van der Waals surface area contributed by atoms with Gasteiger partial charge in [0.1, 0.15) is 0 Å². The molecule has 0 aliphatic heterocycles. The predicted octanol–water partition coefficient (Wildman–Crippen LogP) is 0.828. The molecular formula is C22H25B2NO2. The van der Waals surface area contributed by atoms with Crippen molar-refractivity contribution < 1.29 is 9.31 Å². The fourth-order valence-corrected chi connectivity index (χ4v) is 3.44. The number of nitrogens with two attached hydrogens (primary N) is 1. The van der Waals surface area contributed by atoms with Crippen LogP contribution in [0.2, 0.25) is 0 Å². The second-order valence-corrected chi connectivity index (χ2v) is 6.65. The van der Waals surface area contributed by atoms with Gasteiger partial charge in [-0.2, -0.15) is 0 Å². The molecule has 2 N–H and O–H groups in total. The van der Waals surface area contributed by atoms with E-state index in [9.17, 15) is 0 Å². The van der Waals surface area contributed by atoms with Gasteiger partial charge in [-0.1, -0.05) is 84.4 Å². The van der Waals surface area contributed by atoms with E-state index < -0.39 is 0 Å². The first-order valence-corrected chi connectivity index (χ1v) is 9.28. The first-order chi connectivity index (χ1) is 13.2. The maximum atomic E-state index is 6.13. The van der Waals surface area contributed by atoms with E-state index >= 15 is 0 Å². The van der Waals surface area contributed by atoms with Crippen LogP contribution >= 0.6 is 0 Å². The lowest BCUT2D eigenvalue weighted by Crippen LogP contribution is -2.50. The van der Waals surface area contributed by atoms with Gasteiger partial charge in [0, 0.05) is 20.3 Å². The zero-order valence-corrected chi connectivity index (χ0v) is 16.0. The van der Waals surface area contributed by atoms with Crippen molar-refractivity contribution in [3.05, 3.63) is 84.4 Å². The van der Waals surface area contributed by atoms with E-state index in [0.29, 0.717) is 13.2 Å². The largest absolute Gasteiger partial charge is 0.430 e. The molecule has 0 saturated carbocycles. The Morgan fingerprint density at radius 1 is 0.741 bits per heavy atom. The third kappa shape index (κ3) is 4.89. The number of benzene rings is 3. The molecule has 0 aromatic heterocycles. The molecule has 0 aliphatic carbocycles. The Hall–Kier alpha value is -2.33. The van der Waals surface area contributed by atoms with Gasteiger partial charge in [0.15, 0.2) is 0 Å². The van der Waals surface area contributed by atoms with Crippen molar-refractivity contribution in [2.24, 2.45) is 5.73 Å². The summed E-state index contributed by atoms with van der Waals surface area (Å²) in [6.45, 7) is 2.84. The molecule has 0 spiro atoms. The van der Waals surface area contributed by atoms with Gasteiger partial charge >= 0.3 is 13.8 Å². The van der Waals surface area contributed by atoms with Crippen LogP contribution in [-0.2, 0) is 9.31 Å². The van der Waals surface area contributed by atoms with Crippen LogP contribution in [-0.4, -0.2) is 34.1 Å². The standard InChI is InChI=1S/C22H25B2NO2/c1-18-15-21(23(26-2)19-9-5-3-6-10-19)17-22(16-18)24(27-14-13-25)20-11-7-4-8-12-20/h3-12,15-17H,13-14,25H2,1-2H3. The highest BCUT2D eigenvalue weighted by Crippen LogP contribution is 2.00. The number of rotatable bonds is 8. The van der Waals surface area contributed by atoms with Gasteiger partial charge in [-0.3, -0.25) is 0 Å². The van der Waals surface area contributed by atoms with Crippen molar-refractivity contribution in [2.45, 2.75) is 6.92 Å². The van der Waals surface area contributed by atoms with Crippen molar-refractivity contribution in [1.82, 2.24) is 0 Å². The number of aryl methyl sites for hydroxylation is 1. The summed E-state index contributed by atoms with van der Waals surface area (Å²) in [5, 5.41) is 0. The Labute approximate surface area is 162 Å². The van der Waals surface area contributed by atoms with E-state index in [1.54, 1.807) is 7.11 Å². The minimum Gasteiger partial charge on any atom is -0.430 e. The lowest BCUT2D eigenvalue weighted by Gasteiger charge is -2.19. The van der Waals surface area contributed by atoms with Crippen LogP contribution in [0.1, 0.15) is 5.56 Å². The van der Waals surface area contributed by atoms with E-state index in [1.165, 1.54) is 5.56 Å². The summed E-state index contributed by atoms with van der Waals surface area (Å²) in [6, 6.07) is 27.1. The van der Waals surface area contributed by atoms with Gasteiger partial charge < -0.3 is 15.0 Å². The summed E-state index contributed by atoms with van der Waals surface area (Å²) in [5.74, 6) is 0. The lowest BCUT2D eigenvalue weighted by molar-refractivity contribution is 0.344. The number of hydrogen-bond donors (Lipinski definition) is 1. The zero-order valence-electron chi connectivity index (χ0n) is 16.0. The van der Waals surface area contributed by atoms with E-state index in [2.05, 4.69) is 49.4 Å². The van der Waals surface area contributed by atoms with Gasteiger partial charge in [-0.15, -0.1) is 0 Å². The smallest absolute Gasteiger partial charge is 0.361 e. The van der Waals surface area contributed by atoms with E-state index in [0.717, 1.165) is 21.9 Å². The zero-order chi connectivity index (χ0) is 19.1. The van der Waals surface area contributed by atoms with Crippen LogP contribution in [0.25, 0.3) is 0 Å². The second kappa shape index (κ2) is 9.56. The second-order valence-electron chi connectivity index (χ2n) is 6.65. The van der Waals surface area contributed by atoms with Crippen LogP contribution in [0.3, 0.4) is 0 Å². The Morgan fingerprint density at radius 2 is 1.26 bits per heavy atom. The highest BCUT2D eigenvalue weighted by molar-refractivity contribution is 6.83. The van der Waals surface area contributed by atoms with Crippen molar-refractivity contribution in [3.8, 4) is 0 Å². The van der Waals surface area contributed by atoms with E-state index in [1.807, 2.05) is 36.4 Å². The van der Waals surface area contributed by atoms with Gasteiger partial charge in [-0.05, 0) is 28.8 Å². The van der Waals surface area contributed by atoms with Gasteiger partial charge in [0.25, 0.3) is 0 Å². The highest BCUT2D eigenvalue weighted by atomic mass is 16.4. The molecule has 3 rings (SSSR count). The molecule has 0 unspecified atom stereocenters. The van der Waals surface area contributed by atoms with Crippen LogP contribution in [0.4, 0.5) is 0 Å². The molecule has 0 amide bonds. The molecular weight excluding hydrogens is 332 g/mol. The molecule has 0 heterocycles. The summed E-state index contributed by atoms with van der Waals surface area (Å²) in [5.41, 5.74) is 11.4. The highest BCUT2D eigenvalue weighted by Gasteiger charge is 2.25. The van der Waals surface area contributed by atoms with Gasteiger partial charge in [-0.25, -0.2) is 0 Å². The Morgan fingerprint density at radius 3 is 1.78 bits per heavy atom. The average molecular weight is 357 g/mol. The maximum Gasteiger partial charge on any atom is 0.361 e. The van der Waals surface area contributed by atoms with E-state index in [-0.39, 0.29) is 13.8 Å². The molecule has 27 heavy (non-hydrogen) atoms. The van der Waals surface area contributed by atoms with Gasteiger partial charge in [0.05, 0.1) is 0 Å². The Kier molecular flexibility index (Phi) is 6.88. The fraction of sp³-hybridized carbons (Fsp3) is 0.182. The summed E-state index contributed by atoms with van der Waals surface area (Å²) in [7, 11) is 1.75.